The summed E-state index contributed by atoms with van der Waals surface area (Å²) in [4.78, 5) is 0. The average Bonchev–Trinajstić information content (AvgIpc) is 2.06. The maximum Gasteiger partial charge on any atom is -0.0288 e. The average molecular weight is 182 g/mol. The Morgan fingerprint density at radius 3 is 2.54 bits per heavy atom. The topological polar surface area (TPSA) is 0 Å². The summed E-state index contributed by atoms with van der Waals surface area (Å²) in [7, 11) is 0. The highest BCUT2D eigenvalue weighted by atomic mass is 14.3. The molecule has 78 valence electrons. The molecule has 0 saturated heterocycles. The number of hydrogen-bond acceptors (Lipinski definition) is 0. The van der Waals surface area contributed by atoms with Crippen molar-refractivity contribution in [3.63, 3.8) is 0 Å². The molecule has 0 aromatic carbocycles. The molecule has 0 heteroatoms. The summed E-state index contributed by atoms with van der Waals surface area (Å²) < 4.78 is 0. The molecule has 0 nitrogen and oxygen atoms in total. The summed E-state index contributed by atoms with van der Waals surface area (Å²) in [5, 5.41) is 0. The molecule has 0 aromatic rings. The first-order valence-corrected chi connectivity index (χ1v) is 5.42. The van der Waals surface area contributed by atoms with Crippen molar-refractivity contribution in [2.45, 2.75) is 66.2 Å². The monoisotopic (exact) mass is 182 g/mol. The van der Waals surface area contributed by atoms with E-state index in [0.29, 0.717) is 5.41 Å². The van der Waals surface area contributed by atoms with Gasteiger partial charge in [0.1, 0.15) is 0 Å². The van der Waals surface area contributed by atoms with E-state index in [4.69, 9.17) is 0 Å². The number of allylic oxidation sites excluding steroid dienone is 2. The Bertz CT molecular complexity index is 146. The molecule has 0 N–H and O–H groups in total. The Morgan fingerprint density at radius 1 is 1.23 bits per heavy atom. The zero-order valence-corrected chi connectivity index (χ0v) is 8.60. The third-order valence-electron chi connectivity index (χ3n) is 3.08. The molecule has 1 aliphatic rings. The van der Waals surface area contributed by atoms with Gasteiger partial charge in [0.05, 0.1) is 0 Å². The molecule has 0 saturated carbocycles. The van der Waals surface area contributed by atoms with Gasteiger partial charge in [-0.1, -0.05) is 52.7 Å². The van der Waals surface area contributed by atoms with Gasteiger partial charge in [0.15, 0.2) is 0 Å². The van der Waals surface area contributed by atoms with E-state index in [0.717, 1.165) is 0 Å². The van der Waals surface area contributed by atoms with E-state index in [-0.39, 0.29) is 7.43 Å². The van der Waals surface area contributed by atoms with Gasteiger partial charge in [0.25, 0.3) is 0 Å². The first-order chi connectivity index (χ1) is 5.77. The van der Waals surface area contributed by atoms with E-state index in [1.165, 1.54) is 44.9 Å². The summed E-state index contributed by atoms with van der Waals surface area (Å²) in [6.45, 7) is 4.73. The summed E-state index contributed by atoms with van der Waals surface area (Å²) in [6.07, 6.45) is 14.4. The van der Waals surface area contributed by atoms with Crippen LogP contribution in [0.15, 0.2) is 12.2 Å². The van der Waals surface area contributed by atoms with Gasteiger partial charge in [0, 0.05) is 0 Å². The summed E-state index contributed by atoms with van der Waals surface area (Å²) >= 11 is 0. The van der Waals surface area contributed by atoms with E-state index < -0.39 is 0 Å². The summed E-state index contributed by atoms with van der Waals surface area (Å²) in [5.41, 5.74) is 0.643. The second-order valence-corrected chi connectivity index (χ2v) is 4.48. The Morgan fingerprint density at radius 2 is 2.00 bits per heavy atom. The van der Waals surface area contributed by atoms with E-state index in [1.54, 1.807) is 0 Å². The van der Waals surface area contributed by atoms with Crippen molar-refractivity contribution in [1.29, 1.82) is 0 Å². The minimum absolute atomic E-state index is 0. The van der Waals surface area contributed by atoms with Crippen molar-refractivity contribution in [3.05, 3.63) is 12.2 Å². The molecule has 0 radical (unpaired) electrons. The lowest BCUT2D eigenvalue weighted by Crippen LogP contribution is -2.17. The van der Waals surface area contributed by atoms with Gasteiger partial charge in [-0.15, -0.1) is 0 Å². The summed E-state index contributed by atoms with van der Waals surface area (Å²) in [5.74, 6) is 0. The van der Waals surface area contributed by atoms with Crippen molar-refractivity contribution in [2.24, 2.45) is 5.41 Å². The maximum atomic E-state index is 2.45. The minimum Gasteiger partial charge on any atom is -0.0885 e. The molecule has 0 aromatic heterocycles. The molecule has 1 rings (SSSR count). The van der Waals surface area contributed by atoms with Gasteiger partial charge < -0.3 is 0 Å². The molecule has 0 aliphatic heterocycles. The molecular formula is C13H26. The highest BCUT2D eigenvalue weighted by Gasteiger charge is 2.23. The van der Waals surface area contributed by atoms with Gasteiger partial charge in [0.2, 0.25) is 0 Å². The fourth-order valence-electron chi connectivity index (χ4n) is 2.05. The maximum absolute atomic E-state index is 2.45. The number of hydrogen-bond donors (Lipinski definition) is 0. The first kappa shape index (κ1) is 12.7. The molecule has 1 aliphatic carbocycles. The quantitative estimate of drug-likeness (QED) is 0.426. The highest BCUT2D eigenvalue weighted by Crippen LogP contribution is 2.36. The van der Waals surface area contributed by atoms with Crippen LogP contribution in [0.2, 0.25) is 0 Å². The largest absolute Gasteiger partial charge is 0.0885 e. The van der Waals surface area contributed by atoms with Gasteiger partial charge >= 0.3 is 0 Å². The zero-order chi connectivity index (χ0) is 8.86. The van der Waals surface area contributed by atoms with Crippen LogP contribution in [0.4, 0.5) is 0 Å². The molecule has 0 fully saturated rings. The van der Waals surface area contributed by atoms with Crippen LogP contribution in [0.25, 0.3) is 0 Å². The molecule has 0 bridgehead atoms. The van der Waals surface area contributed by atoms with Crippen LogP contribution in [0.5, 0.6) is 0 Å². The van der Waals surface area contributed by atoms with Gasteiger partial charge in [-0.2, -0.15) is 0 Å². The standard InChI is InChI=1S/C12H22.CH4/c1-3-4-6-9-12(2)10-7-5-8-11-12;/h5,7H,3-4,6,8-11H2,1-2H3;1H4. The van der Waals surface area contributed by atoms with E-state index in [2.05, 4.69) is 26.0 Å². The normalized spacial score (nSPS) is 26.9. The van der Waals surface area contributed by atoms with Crippen molar-refractivity contribution >= 4 is 0 Å². The van der Waals surface area contributed by atoms with Gasteiger partial charge in [-0.25, -0.2) is 0 Å². The Hall–Kier alpha value is -0.260. The van der Waals surface area contributed by atoms with Crippen molar-refractivity contribution in [3.8, 4) is 0 Å². The molecular weight excluding hydrogens is 156 g/mol. The van der Waals surface area contributed by atoms with Gasteiger partial charge in [-0.3, -0.25) is 0 Å². The zero-order valence-electron chi connectivity index (χ0n) is 8.60. The number of rotatable bonds is 4. The molecule has 0 heterocycles. The Labute approximate surface area is 84.4 Å². The first-order valence-electron chi connectivity index (χ1n) is 5.42. The molecule has 1 unspecified atom stereocenters. The molecule has 0 spiro atoms. The van der Waals surface area contributed by atoms with Crippen LogP contribution >= 0.6 is 0 Å². The fourth-order valence-corrected chi connectivity index (χ4v) is 2.05. The Kier molecular flexibility index (Phi) is 6.11. The van der Waals surface area contributed by atoms with Crippen LogP contribution in [0, 0.1) is 5.41 Å². The third kappa shape index (κ3) is 4.50. The second-order valence-electron chi connectivity index (χ2n) is 4.48. The Balaban J connectivity index is 0.00000144. The van der Waals surface area contributed by atoms with E-state index in [1.807, 2.05) is 0 Å². The van der Waals surface area contributed by atoms with Crippen molar-refractivity contribution in [1.82, 2.24) is 0 Å². The molecule has 0 amide bonds. The highest BCUT2D eigenvalue weighted by molar-refractivity contribution is 4.95. The number of unbranched alkanes of at least 4 members (excludes halogenated alkanes) is 2. The fraction of sp³-hybridized carbons (Fsp3) is 0.846. The third-order valence-corrected chi connectivity index (χ3v) is 3.08. The molecule has 13 heavy (non-hydrogen) atoms. The predicted molar refractivity (Wildman–Crippen MR) is 62.0 cm³/mol. The SMILES string of the molecule is C.CCCCCC1(C)CC=CCC1. The van der Waals surface area contributed by atoms with Crippen LogP contribution in [-0.2, 0) is 0 Å². The van der Waals surface area contributed by atoms with Crippen LogP contribution in [0.1, 0.15) is 66.2 Å². The second kappa shape index (κ2) is 6.23. The lowest BCUT2D eigenvalue weighted by Gasteiger charge is -2.30. The van der Waals surface area contributed by atoms with Crippen molar-refractivity contribution < 1.29 is 0 Å². The van der Waals surface area contributed by atoms with Crippen molar-refractivity contribution in [2.75, 3.05) is 0 Å². The van der Waals surface area contributed by atoms with Crippen LogP contribution in [0.3, 0.4) is 0 Å². The lowest BCUT2D eigenvalue weighted by atomic mass is 9.75. The summed E-state index contributed by atoms with van der Waals surface area (Å²) in [6, 6.07) is 0. The molecule has 1 atom stereocenters. The predicted octanol–water partition coefficient (Wildman–Crippen LogP) is 4.95. The van der Waals surface area contributed by atoms with E-state index >= 15 is 0 Å². The van der Waals surface area contributed by atoms with Crippen LogP contribution < -0.4 is 0 Å². The minimum atomic E-state index is 0. The van der Waals surface area contributed by atoms with E-state index in [9.17, 15) is 0 Å². The smallest absolute Gasteiger partial charge is 0.0288 e. The van der Waals surface area contributed by atoms with Gasteiger partial charge in [-0.05, 0) is 31.1 Å². The van der Waals surface area contributed by atoms with Crippen LogP contribution in [-0.4, -0.2) is 0 Å². The lowest BCUT2D eigenvalue weighted by molar-refractivity contribution is 0.258.